The van der Waals surface area contributed by atoms with Gasteiger partial charge in [0.1, 0.15) is 5.82 Å². The highest BCUT2D eigenvalue weighted by atomic mass is 19.1. The van der Waals surface area contributed by atoms with E-state index in [1.165, 1.54) is 12.1 Å². The lowest BCUT2D eigenvalue weighted by Crippen LogP contribution is -2.43. The van der Waals surface area contributed by atoms with Crippen LogP contribution >= 0.6 is 0 Å². The molecule has 3 rings (SSSR count). The lowest BCUT2D eigenvalue weighted by atomic mass is 9.96. The van der Waals surface area contributed by atoms with Crippen LogP contribution in [0.3, 0.4) is 0 Å². The van der Waals surface area contributed by atoms with Crippen LogP contribution in [0.4, 0.5) is 9.18 Å². The molecule has 1 fully saturated rings. The van der Waals surface area contributed by atoms with Gasteiger partial charge in [0, 0.05) is 26.2 Å². The topological polar surface area (TPSA) is 61.4 Å². The number of hydrogen-bond acceptors (Lipinski definition) is 2. The normalized spacial score (nSPS) is 14.6. The maximum absolute atomic E-state index is 13.8. The summed E-state index contributed by atoms with van der Waals surface area (Å²) in [5.41, 5.74) is 1.17. The van der Waals surface area contributed by atoms with Gasteiger partial charge in [-0.1, -0.05) is 42.5 Å². The van der Waals surface area contributed by atoms with Gasteiger partial charge in [-0.2, -0.15) is 0 Å². The molecule has 0 bridgehead atoms. The SMILES string of the molecule is O=C(NCc1ccccc1)NCC1CCN(C(=O)c2ccccc2F)CC1. The van der Waals surface area contributed by atoms with Crippen molar-refractivity contribution in [3.8, 4) is 0 Å². The van der Waals surface area contributed by atoms with Crippen molar-refractivity contribution in [3.05, 3.63) is 71.5 Å². The summed E-state index contributed by atoms with van der Waals surface area (Å²) >= 11 is 0. The zero-order valence-electron chi connectivity index (χ0n) is 15.2. The largest absolute Gasteiger partial charge is 0.339 e. The van der Waals surface area contributed by atoms with E-state index < -0.39 is 5.82 Å². The Morgan fingerprint density at radius 1 is 0.963 bits per heavy atom. The number of carbonyl (C=O) groups excluding carboxylic acids is 2. The second-order valence-electron chi connectivity index (χ2n) is 6.76. The number of piperidine rings is 1. The van der Waals surface area contributed by atoms with Gasteiger partial charge in [-0.15, -0.1) is 0 Å². The fourth-order valence-electron chi connectivity index (χ4n) is 3.22. The van der Waals surface area contributed by atoms with Gasteiger partial charge in [0.25, 0.3) is 5.91 Å². The number of rotatable bonds is 5. The molecule has 1 heterocycles. The Labute approximate surface area is 158 Å². The number of hydrogen-bond donors (Lipinski definition) is 2. The Morgan fingerprint density at radius 2 is 1.63 bits per heavy atom. The van der Waals surface area contributed by atoms with E-state index in [1.807, 2.05) is 30.3 Å². The molecule has 1 aliphatic heterocycles. The number of carbonyl (C=O) groups is 2. The first kappa shape index (κ1) is 18.9. The highest BCUT2D eigenvalue weighted by Gasteiger charge is 2.25. The summed E-state index contributed by atoms with van der Waals surface area (Å²) in [6.07, 6.45) is 1.58. The molecule has 27 heavy (non-hydrogen) atoms. The summed E-state index contributed by atoms with van der Waals surface area (Å²) in [7, 11) is 0. The van der Waals surface area contributed by atoms with E-state index >= 15 is 0 Å². The smallest absolute Gasteiger partial charge is 0.315 e. The Bertz CT molecular complexity index is 774. The van der Waals surface area contributed by atoms with E-state index in [1.54, 1.807) is 17.0 Å². The van der Waals surface area contributed by atoms with Crippen LogP contribution in [0.5, 0.6) is 0 Å². The van der Waals surface area contributed by atoms with Gasteiger partial charge in [-0.05, 0) is 36.5 Å². The van der Waals surface area contributed by atoms with E-state index in [4.69, 9.17) is 0 Å². The molecule has 2 N–H and O–H groups in total. The number of nitrogens with zero attached hydrogens (tertiary/aromatic N) is 1. The third-order valence-electron chi connectivity index (χ3n) is 4.85. The predicted molar refractivity (Wildman–Crippen MR) is 102 cm³/mol. The van der Waals surface area contributed by atoms with Gasteiger partial charge in [-0.25, -0.2) is 9.18 Å². The molecular formula is C21H24FN3O2. The average molecular weight is 369 g/mol. The molecule has 0 aromatic heterocycles. The zero-order valence-corrected chi connectivity index (χ0v) is 15.2. The molecule has 2 aromatic rings. The second kappa shape index (κ2) is 9.16. The maximum atomic E-state index is 13.8. The van der Waals surface area contributed by atoms with Crippen LogP contribution in [0.2, 0.25) is 0 Å². The molecule has 0 radical (unpaired) electrons. The highest BCUT2D eigenvalue weighted by Crippen LogP contribution is 2.19. The van der Waals surface area contributed by atoms with Crippen LogP contribution in [-0.4, -0.2) is 36.5 Å². The highest BCUT2D eigenvalue weighted by molar-refractivity contribution is 5.94. The third kappa shape index (κ3) is 5.29. The number of halogens is 1. The minimum atomic E-state index is -0.485. The summed E-state index contributed by atoms with van der Waals surface area (Å²) in [6, 6.07) is 15.6. The van der Waals surface area contributed by atoms with E-state index in [9.17, 15) is 14.0 Å². The lowest BCUT2D eigenvalue weighted by Gasteiger charge is -2.32. The predicted octanol–water partition coefficient (Wildman–Crippen LogP) is 3.18. The van der Waals surface area contributed by atoms with Crippen molar-refractivity contribution in [2.75, 3.05) is 19.6 Å². The fraction of sp³-hybridized carbons (Fsp3) is 0.333. The molecule has 0 spiro atoms. The Hall–Kier alpha value is -2.89. The lowest BCUT2D eigenvalue weighted by molar-refractivity contribution is 0.0686. The number of urea groups is 1. The first-order valence-electron chi connectivity index (χ1n) is 9.23. The van der Waals surface area contributed by atoms with Crippen molar-refractivity contribution in [2.24, 2.45) is 5.92 Å². The molecule has 2 aromatic carbocycles. The molecule has 5 nitrogen and oxygen atoms in total. The molecule has 142 valence electrons. The van der Waals surface area contributed by atoms with Crippen molar-refractivity contribution in [1.82, 2.24) is 15.5 Å². The Balaban J connectivity index is 1.39. The van der Waals surface area contributed by atoms with E-state index in [0.717, 1.165) is 18.4 Å². The first-order valence-corrected chi connectivity index (χ1v) is 9.23. The fourth-order valence-corrected chi connectivity index (χ4v) is 3.22. The third-order valence-corrected chi connectivity index (χ3v) is 4.85. The van der Waals surface area contributed by atoms with Gasteiger partial charge in [0.2, 0.25) is 0 Å². The summed E-state index contributed by atoms with van der Waals surface area (Å²) < 4.78 is 13.8. The summed E-state index contributed by atoms with van der Waals surface area (Å²) in [5, 5.41) is 5.73. The van der Waals surface area contributed by atoms with Gasteiger partial charge in [-0.3, -0.25) is 4.79 Å². The van der Waals surface area contributed by atoms with Crippen LogP contribution in [-0.2, 0) is 6.54 Å². The molecule has 0 saturated carbocycles. The van der Waals surface area contributed by atoms with Gasteiger partial charge < -0.3 is 15.5 Å². The summed E-state index contributed by atoms with van der Waals surface area (Å²) in [6.45, 7) is 2.21. The number of amides is 3. The molecular weight excluding hydrogens is 345 g/mol. The minimum absolute atomic E-state index is 0.120. The van der Waals surface area contributed by atoms with E-state index in [2.05, 4.69) is 10.6 Å². The standard InChI is InChI=1S/C21H24FN3O2/c22-19-9-5-4-8-18(19)20(26)25-12-10-17(11-13-25)15-24-21(27)23-14-16-6-2-1-3-7-16/h1-9,17H,10-15H2,(H2,23,24,27). The summed E-state index contributed by atoms with van der Waals surface area (Å²) in [4.78, 5) is 26.0. The van der Waals surface area contributed by atoms with Crippen LogP contribution in [0.15, 0.2) is 54.6 Å². The molecule has 1 aliphatic rings. The quantitative estimate of drug-likeness (QED) is 0.850. The number of likely N-dealkylation sites (tertiary alicyclic amines) is 1. The molecule has 0 unspecified atom stereocenters. The molecule has 0 atom stereocenters. The molecule has 3 amide bonds. The van der Waals surface area contributed by atoms with E-state index in [-0.39, 0.29) is 17.5 Å². The van der Waals surface area contributed by atoms with E-state index in [0.29, 0.717) is 32.1 Å². The Morgan fingerprint density at radius 3 is 2.33 bits per heavy atom. The summed E-state index contributed by atoms with van der Waals surface area (Å²) in [5.74, 6) is -0.432. The molecule has 6 heteroatoms. The monoisotopic (exact) mass is 369 g/mol. The molecule has 1 saturated heterocycles. The van der Waals surface area contributed by atoms with Crippen molar-refractivity contribution < 1.29 is 14.0 Å². The van der Waals surface area contributed by atoms with Crippen molar-refractivity contribution in [3.63, 3.8) is 0 Å². The van der Waals surface area contributed by atoms with Crippen LogP contribution < -0.4 is 10.6 Å². The first-order chi connectivity index (χ1) is 13.1. The van der Waals surface area contributed by atoms with Crippen LogP contribution in [0.1, 0.15) is 28.8 Å². The average Bonchev–Trinajstić information content (AvgIpc) is 2.72. The van der Waals surface area contributed by atoms with Crippen molar-refractivity contribution in [2.45, 2.75) is 19.4 Å². The van der Waals surface area contributed by atoms with Gasteiger partial charge in [0.15, 0.2) is 0 Å². The maximum Gasteiger partial charge on any atom is 0.315 e. The van der Waals surface area contributed by atoms with Crippen LogP contribution in [0, 0.1) is 11.7 Å². The zero-order chi connectivity index (χ0) is 19.1. The van der Waals surface area contributed by atoms with Gasteiger partial charge in [0.05, 0.1) is 5.56 Å². The molecule has 0 aliphatic carbocycles. The second-order valence-corrected chi connectivity index (χ2v) is 6.76. The van der Waals surface area contributed by atoms with Crippen molar-refractivity contribution >= 4 is 11.9 Å². The van der Waals surface area contributed by atoms with Crippen molar-refractivity contribution in [1.29, 1.82) is 0 Å². The van der Waals surface area contributed by atoms with Crippen LogP contribution in [0.25, 0.3) is 0 Å². The van der Waals surface area contributed by atoms with Gasteiger partial charge >= 0.3 is 6.03 Å². The Kier molecular flexibility index (Phi) is 6.41. The number of benzene rings is 2. The minimum Gasteiger partial charge on any atom is -0.339 e. The number of nitrogens with one attached hydrogen (secondary N) is 2.